The molecule has 1 saturated heterocycles. The number of aliphatic hydroxyl groups excluding tert-OH is 1. The van der Waals surface area contributed by atoms with E-state index in [9.17, 15) is 13.5 Å². The molecule has 7 heteroatoms. The first-order valence-electron chi connectivity index (χ1n) is 5.73. The Morgan fingerprint density at radius 2 is 1.89 bits per heavy atom. The van der Waals surface area contributed by atoms with Gasteiger partial charge in [-0.15, -0.1) is 0 Å². The second kappa shape index (κ2) is 4.75. The number of piperidine rings is 1. The topological polar surface area (TPSA) is 110 Å². The van der Waals surface area contributed by atoms with Gasteiger partial charge in [-0.25, -0.2) is 13.6 Å². The Morgan fingerprint density at radius 1 is 1.28 bits per heavy atom. The molecule has 0 spiro atoms. The van der Waals surface area contributed by atoms with Gasteiger partial charge in [0.25, 0.3) is 0 Å². The second-order valence-electron chi connectivity index (χ2n) is 4.48. The average molecular weight is 271 g/mol. The highest BCUT2D eigenvalue weighted by Gasteiger charge is 2.20. The Bertz CT molecular complexity index is 536. The van der Waals surface area contributed by atoms with E-state index in [0.29, 0.717) is 37.3 Å². The summed E-state index contributed by atoms with van der Waals surface area (Å²) in [6.07, 6.45) is 1.02. The summed E-state index contributed by atoms with van der Waals surface area (Å²) in [6, 6.07) is 4.43. The van der Waals surface area contributed by atoms with E-state index in [-0.39, 0.29) is 11.0 Å². The molecule has 0 aromatic heterocycles. The largest absolute Gasteiger partial charge is 0.397 e. The molecular weight excluding hydrogens is 254 g/mol. The Morgan fingerprint density at radius 3 is 2.44 bits per heavy atom. The number of nitrogen functional groups attached to an aromatic ring is 1. The molecule has 0 amide bonds. The van der Waals surface area contributed by atoms with Crippen LogP contribution in [0.5, 0.6) is 0 Å². The van der Waals surface area contributed by atoms with Crippen LogP contribution in [0.25, 0.3) is 0 Å². The summed E-state index contributed by atoms with van der Waals surface area (Å²) in [6.45, 7) is 1.30. The first-order chi connectivity index (χ1) is 8.38. The van der Waals surface area contributed by atoms with Crippen molar-refractivity contribution in [1.29, 1.82) is 0 Å². The van der Waals surface area contributed by atoms with E-state index < -0.39 is 10.0 Å². The summed E-state index contributed by atoms with van der Waals surface area (Å²) in [4.78, 5) is 2.02. The van der Waals surface area contributed by atoms with Crippen LogP contribution in [-0.2, 0) is 10.0 Å². The van der Waals surface area contributed by atoms with E-state index in [1.165, 1.54) is 12.1 Å². The standard InChI is InChI=1S/C11H17N3O3S/c12-10-2-1-9(18(13,16)17)7-11(10)14-5-3-8(15)4-6-14/h1-2,7-8,15H,3-6,12H2,(H2,13,16,17). The summed E-state index contributed by atoms with van der Waals surface area (Å²) in [5.41, 5.74) is 7.03. The molecule has 0 unspecified atom stereocenters. The van der Waals surface area contributed by atoms with Crippen LogP contribution in [0.3, 0.4) is 0 Å². The number of rotatable bonds is 2. The SMILES string of the molecule is Nc1ccc(S(N)(=O)=O)cc1N1CCC(O)CC1. The highest BCUT2D eigenvalue weighted by Crippen LogP contribution is 2.28. The number of aliphatic hydroxyl groups is 1. The molecule has 100 valence electrons. The third-order valence-corrected chi connectivity index (χ3v) is 4.05. The quantitative estimate of drug-likeness (QED) is 0.649. The highest BCUT2D eigenvalue weighted by atomic mass is 32.2. The fourth-order valence-electron chi connectivity index (χ4n) is 2.08. The van der Waals surface area contributed by atoms with Crippen molar-refractivity contribution in [3.8, 4) is 0 Å². The minimum atomic E-state index is -3.72. The summed E-state index contributed by atoms with van der Waals surface area (Å²) >= 11 is 0. The van der Waals surface area contributed by atoms with Crippen molar-refractivity contribution in [2.45, 2.75) is 23.8 Å². The molecule has 1 aromatic rings. The summed E-state index contributed by atoms with van der Waals surface area (Å²) in [7, 11) is -3.72. The van der Waals surface area contributed by atoms with E-state index in [0.717, 1.165) is 0 Å². The van der Waals surface area contributed by atoms with Crippen LogP contribution >= 0.6 is 0 Å². The zero-order valence-electron chi connectivity index (χ0n) is 9.91. The van der Waals surface area contributed by atoms with Gasteiger partial charge in [-0.05, 0) is 31.0 Å². The maximum atomic E-state index is 11.3. The first kappa shape index (κ1) is 13.1. The number of nitrogens with two attached hydrogens (primary N) is 2. The van der Waals surface area contributed by atoms with Crippen molar-refractivity contribution in [3.63, 3.8) is 0 Å². The molecule has 1 aromatic carbocycles. The van der Waals surface area contributed by atoms with Crippen molar-refractivity contribution in [3.05, 3.63) is 18.2 Å². The third kappa shape index (κ3) is 2.74. The fraction of sp³-hybridized carbons (Fsp3) is 0.455. The predicted molar refractivity (Wildman–Crippen MR) is 69.7 cm³/mol. The summed E-state index contributed by atoms with van der Waals surface area (Å²) in [5.74, 6) is 0. The Balaban J connectivity index is 2.32. The van der Waals surface area contributed by atoms with E-state index in [1.54, 1.807) is 6.07 Å². The average Bonchev–Trinajstić information content (AvgIpc) is 2.29. The number of benzene rings is 1. The minimum absolute atomic E-state index is 0.0535. The van der Waals surface area contributed by atoms with Crippen molar-refractivity contribution < 1.29 is 13.5 Å². The van der Waals surface area contributed by atoms with Gasteiger partial charge in [0.2, 0.25) is 10.0 Å². The van der Waals surface area contributed by atoms with Crippen LogP contribution in [0.15, 0.2) is 23.1 Å². The van der Waals surface area contributed by atoms with Gasteiger partial charge < -0.3 is 15.7 Å². The molecule has 6 nitrogen and oxygen atoms in total. The van der Waals surface area contributed by atoms with Gasteiger partial charge in [-0.1, -0.05) is 0 Å². The van der Waals surface area contributed by atoms with Gasteiger partial charge in [0, 0.05) is 13.1 Å². The van der Waals surface area contributed by atoms with E-state index in [2.05, 4.69) is 0 Å². The molecule has 0 bridgehead atoms. The second-order valence-corrected chi connectivity index (χ2v) is 6.05. The third-order valence-electron chi connectivity index (χ3n) is 3.14. The lowest BCUT2D eigenvalue weighted by Crippen LogP contribution is -2.36. The lowest BCUT2D eigenvalue weighted by atomic mass is 10.1. The molecular formula is C11H17N3O3S. The molecule has 0 aliphatic carbocycles. The number of sulfonamides is 1. The molecule has 0 atom stereocenters. The number of anilines is 2. The van der Waals surface area contributed by atoms with Gasteiger partial charge in [0.05, 0.1) is 22.4 Å². The number of hydrogen-bond donors (Lipinski definition) is 3. The molecule has 18 heavy (non-hydrogen) atoms. The number of hydrogen-bond acceptors (Lipinski definition) is 5. The molecule has 5 N–H and O–H groups in total. The molecule has 1 aliphatic heterocycles. The van der Waals surface area contributed by atoms with Gasteiger partial charge in [-0.3, -0.25) is 0 Å². The van der Waals surface area contributed by atoms with Crippen LogP contribution < -0.4 is 15.8 Å². The van der Waals surface area contributed by atoms with Crippen LogP contribution in [0, 0.1) is 0 Å². The number of primary sulfonamides is 1. The minimum Gasteiger partial charge on any atom is -0.397 e. The number of nitrogens with zero attached hydrogens (tertiary/aromatic N) is 1. The highest BCUT2D eigenvalue weighted by molar-refractivity contribution is 7.89. The molecule has 1 aliphatic rings. The van der Waals surface area contributed by atoms with Crippen molar-refractivity contribution in [2.24, 2.45) is 5.14 Å². The molecule has 0 radical (unpaired) electrons. The van der Waals surface area contributed by atoms with Crippen LogP contribution in [-0.4, -0.2) is 32.7 Å². The molecule has 0 saturated carbocycles. The fourth-order valence-corrected chi connectivity index (χ4v) is 2.61. The van der Waals surface area contributed by atoms with Crippen LogP contribution in [0.2, 0.25) is 0 Å². The maximum absolute atomic E-state index is 11.3. The summed E-state index contributed by atoms with van der Waals surface area (Å²) < 4.78 is 22.6. The Hall–Kier alpha value is -1.31. The monoisotopic (exact) mass is 271 g/mol. The van der Waals surface area contributed by atoms with Gasteiger partial charge in [-0.2, -0.15) is 0 Å². The zero-order chi connectivity index (χ0) is 13.3. The van der Waals surface area contributed by atoms with E-state index >= 15 is 0 Å². The molecule has 1 heterocycles. The van der Waals surface area contributed by atoms with Crippen LogP contribution in [0.4, 0.5) is 11.4 Å². The van der Waals surface area contributed by atoms with Crippen molar-refractivity contribution in [1.82, 2.24) is 0 Å². The smallest absolute Gasteiger partial charge is 0.238 e. The Kier molecular flexibility index (Phi) is 3.47. The lowest BCUT2D eigenvalue weighted by Gasteiger charge is -2.32. The molecule has 2 rings (SSSR count). The molecule has 1 fully saturated rings. The Labute approximate surface area is 106 Å². The normalized spacial score (nSPS) is 18.0. The lowest BCUT2D eigenvalue weighted by molar-refractivity contribution is 0.145. The van der Waals surface area contributed by atoms with E-state index in [4.69, 9.17) is 10.9 Å². The van der Waals surface area contributed by atoms with E-state index in [1.807, 2.05) is 4.90 Å². The summed E-state index contributed by atoms with van der Waals surface area (Å²) in [5, 5.41) is 14.6. The predicted octanol–water partition coefficient (Wildman–Crippen LogP) is -0.123. The van der Waals surface area contributed by atoms with Gasteiger partial charge >= 0.3 is 0 Å². The maximum Gasteiger partial charge on any atom is 0.238 e. The van der Waals surface area contributed by atoms with Gasteiger partial charge in [0.15, 0.2) is 0 Å². The van der Waals surface area contributed by atoms with Crippen molar-refractivity contribution >= 4 is 21.4 Å². The van der Waals surface area contributed by atoms with Crippen LogP contribution in [0.1, 0.15) is 12.8 Å². The van der Waals surface area contributed by atoms with Crippen molar-refractivity contribution in [2.75, 3.05) is 23.7 Å². The zero-order valence-corrected chi connectivity index (χ0v) is 10.7. The first-order valence-corrected chi connectivity index (χ1v) is 7.28. The van der Waals surface area contributed by atoms with Gasteiger partial charge in [0.1, 0.15) is 0 Å².